The predicted octanol–water partition coefficient (Wildman–Crippen LogP) is 1.44. The number of aliphatic hydroxyl groups excluding tert-OH is 1. The number of hydrogen-bond donors (Lipinski definition) is 1. The average Bonchev–Trinajstić information content (AvgIpc) is 2.92. The van der Waals surface area contributed by atoms with Gasteiger partial charge in [0.15, 0.2) is 0 Å². The lowest BCUT2D eigenvalue weighted by Gasteiger charge is -2.42. The normalized spacial score (nSPS) is 30.8. The van der Waals surface area contributed by atoms with Gasteiger partial charge in [0.2, 0.25) is 0 Å². The van der Waals surface area contributed by atoms with Gasteiger partial charge in [0.25, 0.3) is 5.91 Å². The monoisotopic (exact) mass is 261 g/mol. The van der Waals surface area contributed by atoms with Gasteiger partial charge < -0.3 is 14.7 Å². The summed E-state index contributed by atoms with van der Waals surface area (Å²) in [7, 11) is 0. The Morgan fingerprint density at radius 2 is 2.11 bits per heavy atom. The van der Waals surface area contributed by atoms with Crippen LogP contribution in [0.2, 0.25) is 0 Å². The van der Waals surface area contributed by atoms with Gasteiger partial charge in [-0.05, 0) is 31.4 Å². The van der Waals surface area contributed by atoms with Crippen LogP contribution in [0.25, 0.3) is 0 Å². The first kappa shape index (κ1) is 12.6. The topological polar surface area (TPSA) is 49.8 Å². The van der Waals surface area contributed by atoms with Gasteiger partial charge in [-0.1, -0.05) is 18.2 Å². The molecule has 4 heteroatoms. The zero-order valence-corrected chi connectivity index (χ0v) is 10.9. The molecule has 0 saturated carbocycles. The molecule has 1 aromatic rings. The fourth-order valence-corrected chi connectivity index (χ4v) is 3.08. The molecular weight excluding hydrogens is 242 g/mol. The number of ether oxygens (including phenoxy) is 1. The van der Waals surface area contributed by atoms with Crippen LogP contribution < -0.4 is 0 Å². The summed E-state index contributed by atoms with van der Waals surface area (Å²) >= 11 is 0. The number of carbonyl (C=O) groups is 1. The first-order valence-electron chi connectivity index (χ1n) is 6.88. The predicted molar refractivity (Wildman–Crippen MR) is 70.9 cm³/mol. The first-order chi connectivity index (χ1) is 9.21. The number of rotatable bonds is 1. The maximum Gasteiger partial charge on any atom is 0.253 e. The zero-order valence-electron chi connectivity index (χ0n) is 10.9. The van der Waals surface area contributed by atoms with E-state index >= 15 is 0 Å². The zero-order chi connectivity index (χ0) is 13.3. The summed E-state index contributed by atoms with van der Waals surface area (Å²) in [6, 6.07) is 9.23. The van der Waals surface area contributed by atoms with Crippen LogP contribution in [0.15, 0.2) is 30.3 Å². The molecule has 1 N–H and O–H groups in total. The van der Waals surface area contributed by atoms with E-state index in [1.807, 2.05) is 30.3 Å². The molecule has 1 spiro atoms. The standard InChI is InChI=1S/C15H19NO3/c17-13-11-16(9-8-15(13)7-4-10-19-15)14(18)12-5-2-1-3-6-12/h1-3,5-6,13,17H,4,7-11H2/t13-,15-/m0/s1. The number of β-amino-alcohol motifs (C(OH)–C–C–N with tert-alkyl or cyclic N) is 1. The number of aliphatic hydroxyl groups is 1. The van der Waals surface area contributed by atoms with Gasteiger partial charge in [-0.3, -0.25) is 4.79 Å². The fraction of sp³-hybridized carbons (Fsp3) is 0.533. The van der Waals surface area contributed by atoms with Gasteiger partial charge in [-0.2, -0.15) is 0 Å². The van der Waals surface area contributed by atoms with Gasteiger partial charge in [-0.15, -0.1) is 0 Å². The average molecular weight is 261 g/mol. The van der Waals surface area contributed by atoms with Gasteiger partial charge in [0.05, 0.1) is 5.60 Å². The largest absolute Gasteiger partial charge is 0.388 e. The van der Waals surface area contributed by atoms with Crippen molar-refractivity contribution in [2.45, 2.75) is 31.0 Å². The lowest BCUT2D eigenvalue weighted by molar-refractivity contribution is -0.122. The summed E-state index contributed by atoms with van der Waals surface area (Å²) in [5.41, 5.74) is 0.283. The highest BCUT2D eigenvalue weighted by atomic mass is 16.5. The maximum absolute atomic E-state index is 12.3. The van der Waals surface area contributed by atoms with Crippen molar-refractivity contribution >= 4 is 5.91 Å². The molecule has 0 bridgehead atoms. The van der Waals surface area contributed by atoms with E-state index in [9.17, 15) is 9.90 Å². The summed E-state index contributed by atoms with van der Waals surface area (Å²) < 4.78 is 5.74. The van der Waals surface area contributed by atoms with Gasteiger partial charge in [0, 0.05) is 25.3 Å². The molecule has 0 radical (unpaired) electrons. The van der Waals surface area contributed by atoms with E-state index in [0.29, 0.717) is 18.7 Å². The van der Waals surface area contributed by atoms with Crippen LogP contribution in [0.3, 0.4) is 0 Å². The molecule has 2 aliphatic rings. The molecule has 3 rings (SSSR count). The second-order valence-corrected chi connectivity index (χ2v) is 5.40. The number of piperidine rings is 1. The van der Waals surface area contributed by atoms with Crippen molar-refractivity contribution in [3.8, 4) is 0 Å². The molecule has 1 aromatic carbocycles. The van der Waals surface area contributed by atoms with Crippen LogP contribution in [0.5, 0.6) is 0 Å². The minimum absolute atomic E-state index is 0.00695. The van der Waals surface area contributed by atoms with Crippen LogP contribution in [0.1, 0.15) is 29.6 Å². The number of carbonyl (C=O) groups excluding carboxylic acids is 1. The van der Waals surface area contributed by atoms with Crippen molar-refractivity contribution in [1.82, 2.24) is 4.90 Å². The Kier molecular flexibility index (Phi) is 3.29. The Balaban J connectivity index is 1.70. The highest BCUT2D eigenvalue weighted by molar-refractivity contribution is 5.94. The Morgan fingerprint density at radius 1 is 1.32 bits per heavy atom. The van der Waals surface area contributed by atoms with Crippen LogP contribution in [-0.4, -0.2) is 47.3 Å². The van der Waals surface area contributed by atoms with Crippen molar-refractivity contribution < 1.29 is 14.6 Å². The van der Waals surface area contributed by atoms with Crippen molar-refractivity contribution in [2.24, 2.45) is 0 Å². The van der Waals surface area contributed by atoms with Crippen LogP contribution in [0, 0.1) is 0 Å². The van der Waals surface area contributed by atoms with Gasteiger partial charge >= 0.3 is 0 Å². The number of amides is 1. The molecule has 2 aliphatic heterocycles. The third kappa shape index (κ3) is 2.26. The van der Waals surface area contributed by atoms with E-state index in [1.54, 1.807) is 4.90 Å². The van der Waals surface area contributed by atoms with Crippen LogP contribution in [-0.2, 0) is 4.74 Å². The van der Waals surface area contributed by atoms with E-state index in [2.05, 4.69) is 0 Å². The summed E-state index contributed by atoms with van der Waals surface area (Å²) in [5.74, 6) is -0.00695. The molecule has 4 nitrogen and oxygen atoms in total. The summed E-state index contributed by atoms with van der Waals surface area (Å²) in [5, 5.41) is 10.3. The number of benzene rings is 1. The third-order valence-corrected chi connectivity index (χ3v) is 4.25. The molecule has 2 saturated heterocycles. The molecule has 2 atom stereocenters. The quantitative estimate of drug-likeness (QED) is 0.832. The maximum atomic E-state index is 12.3. The Bertz CT molecular complexity index is 454. The molecule has 19 heavy (non-hydrogen) atoms. The lowest BCUT2D eigenvalue weighted by Crippen LogP contribution is -2.56. The van der Waals surface area contributed by atoms with Crippen LogP contribution >= 0.6 is 0 Å². The second-order valence-electron chi connectivity index (χ2n) is 5.40. The minimum atomic E-state index is -0.573. The Hall–Kier alpha value is -1.39. The number of nitrogens with zero attached hydrogens (tertiary/aromatic N) is 1. The number of hydrogen-bond acceptors (Lipinski definition) is 3. The minimum Gasteiger partial charge on any atom is -0.388 e. The van der Waals surface area contributed by atoms with Crippen molar-refractivity contribution in [2.75, 3.05) is 19.7 Å². The molecule has 0 unspecified atom stereocenters. The van der Waals surface area contributed by atoms with E-state index in [4.69, 9.17) is 4.74 Å². The molecule has 0 aromatic heterocycles. The fourth-order valence-electron chi connectivity index (χ4n) is 3.08. The first-order valence-corrected chi connectivity index (χ1v) is 6.88. The van der Waals surface area contributed by atoms with E-state index in [-0.39, 0.29) is 5.91 Å². The van der Waals surface area contributed by atoms with Gasteiger partial charge in [0.1, 0.15) is 6.10 Å². The smallest absolute Gasteiger partial charge is 0.253 e. The number of likely N-dealkylation sites (tertiary alicyclic amines) is 1. The third-order valence-electron chi connectivity index (χ3n) is 4.25. The van der Waals surface area contributed by atoms with E-state index in [1.165, 1.54) is 0 Å². The van der Waals surface area contributed by atoms with Crippen molar-refractivity contribution in [3.05, 3.63) is 35.9 Å². The second kappa shape index (κ2) is 4.94. The molecular formula is C15H19NO3. The van der Waals surface area contributed by atoms with Crippen molar-refractivity contribution in [3.63, 3.8) is 0 Å². The van der Waals surface area contributed by atoms with Crippen molar-refractivity contribution in [1.29, 1.82) is 0 Å². The molecule has 2 heterocycles. The highest BCUT2D eigenvalue weighted by Crippen LogP contribution is 2.36. The molecule has 1 amide bonds. The lowest BCUT2D eigenvalue weighted by atomic mass is 9.86. The Morgan fingerprint density at radius 3 is 2.74 bits per heavy atom. The van der Waals surface area contributed by atoms with Crippen LogP contribution in [0.4, 0.5) is 0 Å². The summed E-state index contributed by atoms with van der Waals surface area (Å²) in [6.45, 7) is 1.75. The van der Waals surface area contributed by atoms with E-state index < -0.39 is 11.7 Å². The Labute approximate surface area is 113 Å². The highest BCUT2D eigenvalue weighted by Gasteiger charge is 2.46. The summed E-state index contributed by atoms with van der Waals surface area (Å²) in [4.78, 5) is 14.1. The molecule has 102 valence electrons. The molecule has 2 fully saturated rings. The SMILES string of the molecule is O=C(c1ccccc1)N1CC[C@@]2(CCCO2)[C@@H](O)C1. The molecule has 0 aliphatic carbocycles. The van der Waals surface area contributed by atoms with E-state index in [0.717, 1.165) is 25.9 Å². The summed E-state index contributed by atoms with van der Waals surface area (Å²) in [6.07, 6.45) is 2.06. The van der Waals surface area contributed by atoms with Gasteiger partial charge in [-0.25, -0.2) is 0 Å².